The van der Waals surface area contributed by atoms with E-state index in [1.807, 2.05) is 0 Å². The number of hydrogen-bond acceptors (Lipinski definition) is 0. The maximum Gasteiger partial charge on any atom is 0.0343 e. The van der Waals surface area contributed by atoms with Crippen molar-refractivity contribution in [3.05, 3.63) is 0 Å². The van der Waals surface area contributed by atoms with Gasteiger partial charge in [0.1, 0.15) is 0 Å². The molecule has 78 valence electrons. The van der Waals surface area contributed by atoms with Gasteiger partial charge < -0.3 is 0 Å². The van der Waals surface area contributed by atoms with E-state index >= 15 is 0 Å². The van der Waals surface area contributed by atoms with Crippen LogP contribution in [0.2, 0.25) is 18.6 Å². The Labute approximate surface area is 85.7 Å². The van der Waals surface area contributed by atoms with Crippen LogP contribution in [0, 0.1) is 10.8 Å². The monoisotopic (exact) mass is 198 g/mol. The molecular formula is C12H26Si. The first kappa shape index (κ1) is 11.3. The third-order valence-corrected chi connectivity index (χ3v) is 7.57. The summed E-state index contributed by atoms with van der Waals surface area (Å²) in [6.45, 7) is 15.0. The second-order valence-electron chi connectivity index (χ2n) is 6.35. The smallest absolute Gasteiger partial charge is 0.0343 e. The van der Waals surface area contributed by atoms with Crippen molar-refractivity contribution in [3.63, 3.8) is 0 Å². The Morgan fingerprint density at radius 2 is 1.62 bits per heavy atom. The zero-order chi connectivity index (χ0) is 10.3. The Balaban J connectivity index is 2.88. The van der Waals surface area contributed by atoms with Crippen molar-refractivity contribution in [2.24, 2.45) is 10.8 Å². The van der Waals surface area contributed by atoms with Crippen molar-refractivity contribution in [2.45, 2.75) is 65.6 Å². The Morgan fingerprint density at radius 1 is 1.08 bits per heavy atom. The maximum absolute atomic E-state index is 2.52. The molecule has 0 aromatic carbocycles. The zero-order valence-electron chi connectivity index (χ0n) is 10.3. The molecule has 1 saturated carbocycles. The van der Waals surface area contributed by atoms with Crippen LogP contribution in [0.25, 0.3) is 0 Å². The maximum atomic E-state index is 2.52. The van der Waals surface area contributed by atoms with Crippen molar-refractivity contribution in [1.82, 2.24) is 0 Å². The fourth-order valence-electron chi connectivity index (χ4n) is 3.12. The molecule has 0 N–H and O–H groups in total. The average molecular weight is 198 g/mol. The molecule has 1 unspecified atom stereocenters. The van der Waals surface area contributed by atoms with Crippen LogP contribution >= 0.6 is 0 Å². The van der Waals surface area contributed by atoms with Gasteiger partial charge in [-0.3, -0.25) is 0 Å². The lowest BCUT2D eigenvalue weighted by atomic mass is 9.59. The van der Waals surface area contributed by atoms with Crippen LogP contribution in [0.5, 0.6) is 0 Å². The normalized spacial score (nSPS) is 32.1. The molecule has 0 spiro atoms. The van der Waals surface area contributed by atoms with Crippen molar-refractivity contribution in [2.75, 3.05) is 0 Å². The zero-order valence-corrected chi connectivity index (χ0v) is 11.4. The summed E-state index contributed by atoms with van der Waals surface area (Å²) in [5.74, 6) is 0. The Bertz CT molecular complexity index is 180. The molecule has 0 aromatic rings. The van der Waals surface area contributed by atoms with Crippen LogP contribution in [0.4, 0.5) is 0 Å². The average Bonchev–Trinajstić information content (AvgIpc) is 1.94. The second kappa shape index (κ2) is 3.41. The van der Waals surface area contributed by atoms with Crippen LogP contribution in [0.3, 0.4) is 0 Å². The van der Waals surface area contributed by atoms with E-state index in [1.165, 1.54) is 19.3 Å². The van der Waals surface area contributed by atoms with Gasteiger partial charge in [-0.1, -0.05) is 53.6 Å². The van der Waals surface area contributed by atoms with Gasteiger partial charge in [-0.15, -0.1) is 0 Å². The summed E-state index contributed by atoms with van der Waals surface area (Å²) < 4.78 is 0. The molecule has 0 bridgehead atoms. The van der Waals surface area contributed by atoms with Crippen molar-refractivity contribution >= 4 is 8.80 Å². The summed E-state index contributed by atoms with van der Waals surface area (Å²) in [7, 11) is -0.459. The molecule has 0 nitrogen and oxygen atoms in total. The van der Waals surface area contributed by atoms with Gasteiger partial charge in [0.05, 0.1) is 0 Å². The molecule has 13 heavy (non-hydrogen) atoms. The summed E-state index contributed by atoms with van der Waals surface area (Å²) in [6.07, 6.45) is 4.39. The van der Waals surface area contributed by atoms with Gasteiger partial charge in [0.25, 0.3) is 0 Å². The fraction of sp³-hybridized carbons (Fsp3) is 1.00. The van der Waals surface area contributed by atoms with Crippen molar-refractivity contribution in [3.8, 4) is 0 Å². The molecule has 0 saturated heterocycles. The second-order valence-corrected chi connectivity index (χ2v) is 9.64. The minimum atomic E-state index is -0.459. The topological polar surface area (TPSA) is 0 Å². The largest absolute Gasteiger partial charge is 0.0720 e. The van der Waals surface area contributed by atoms with Crippen LogP contribution in [-0.4, -0.2) is 8.80 Å². The Hall–Kier alpha value is 0.217. The molecule has 1 rings (SSSR count). The van der Waals surface area contributed by atoms with Gasteiger partial charge in [0.15, 0.2) is 0 Å². The predicted octanol–water partition coefficient (Wildman–Crippen LogP) is 4.08. The molecule has 0 aromatic heterocycles. The first-order valence-corrected chi connectivity index (χ1v) is 8.76. The highest BCUT2D eigenvalue weighted by Gasteiger charge is 2.46. The van der Waals surface area contributed by atoms with Gasteiger partial charge in [0, 0.05) is 8.80 Å². The third kappa shape index (κ3) is 1.86. The van der Waals surface area contributed by atoms with E-state index < -0.39 is 8.80 Å². The molecule has 0 aliphatic heterocycles. The highest BCUT2D eigenvalue weighted by molar-refractivity contribution is 6.57. The van der Waals surface area contributed by atoms with E-state index in [9.17, 15) is 0 Å². The standard InChI is InChI=1S/C12H26Si/c1-11(2)9-7-8-10(13(5)6)12(11,3)4/h10,13H,7-9H2,1-6H3. The molecule has 0 amide bonds. The van der Waals surface area contributed by atoms with Gasteiger partial charge >= 0.3 is 0 Å². The van der Waals surface area contributed by atoms with Crippen molar-refractivity contribution < 1.29 is 0 Å². The van der Waals surface area contributed by atoms with E-state index in [0.29, 0.717) is 10.8 Å². The van der Waals surface area contributed by atoms with Gasteiger partial charge in [-0.05, 0) is 22.8 Å². The summed E-state index contributed by atoms with van der Waals surface area (Å²) >= 11 is 0. The van der Waals surface area contributed by atoms with Gasteiger partial charge in [-0.25, -0.2) is 0 Å². The molecule has 1 aliphatic carbocycles. The van der Waals surface area contributed by atoms with Crippen LogP contribution in [-0.2, 0) is 0 Å². The lowest BCUT2D eigenvalue weighted by Gasteiger charge is -2.52. The lowest BCUT2D eigenvalue weighted by Crippen LogP contribution is -2.43. The van der Waals surface area contributed by atoms with E-state index in [4.69, 9.17) is 0 Å². The van der Waals surface area contributed by atoms with Crippen LogP contribution in [0.1, 0.15) is 47.0 Å². The SMILES string of the molecule is C[SiH](C)C1CCCC(C)(C)C1(C)C. The first-order valence-electron chi connectivity index (χ1n) is 5.79. The number of rotatable bonds is 1. The summed E-state index contributed by atoms with van der Waals surface area (Å²) in [4.78, 5) is 0. The van der Waals surface area contributed by atoms with E-state index in [2.05, 4.69) is 40.8 Å². The van der Waals surface area contributed by atoms with E-state index in [-0.39, 0.29) is 0 Å². The van der Waals surface area contributed by atoms with E-state index in [1.54, 1.807) is 0 Å². The Kier molecular flexibility index (Phi) is 2.97. The summed E-state index contributed by atoms with van der Waals surface area (Å²) in [5, 5.41) is 0. The predicted molar refractivity (Wildman–Crippen MR) is 64.0 cm³/mol. The minimum Gasteiger partial charge on any atom is -0.0720 e. The summed E-state index contributed by atoms with van der Waals surface area (Å²) in [5.41, 5.74) is 2.19. The quantitative estimate of drug-likeness (QED) is 0.557. The van der Waals surface area contributed by atoms with E-state index in [0.717, 1.165) is 5.54 Å². The third-order valence-electron chi connectivity index (χ3n) is 4.79. The first-order chi connectivity index (χ1) is 5.79. The van der Waals surface area contributed by atoms with Crippen molar-refractivity contribution in [1.29, 1.82) is 0 Å². The molecular weight excluding hydrogens is 172 g/mol. The van der Waals surface area contributed by atoms with Crippen LogP contribution in [0.15, 0.2) is 0 Å². The molecule has 0 heterocycles. The Morgan fingerprint density at radius 3 is 2.00 bits per heavy atom. The minimum absolute atomic E-state index is 0.459. The highest BCUT2D eigenvalue weighted by atomic mass is 28.3. The fourth-order valence-corrected chi connectivity index (χ4v) is 6.14. The molecule has 0 radical (unpaired) electrons. The lowest BCUT2D eigenvalue weighted by molar-refractivity contribution is 0.0509. The molecule has 1 fully saturated rings. The van der Waals surface area contributed by atoms with Gasteiger partial charge in [-0.2, -0.15) is 0 Å². The molecule has 1 aliphatic rings. The number of hydrogen-bond donors (Lipinski definition) is 0. The van der Waals surface area contributed by atoms with Crippen LogP contribution < -0.4 is 0 Å². The summed E-state index contributed by atoms with van der Waals surface area (Å²) in [6, 6.07) is 0. The molecule has 1 heteroatoms. The van der Waals surface area contributed by atoms with Gasteiger partial charge in [0.2, 0.25) is 0 Å². The highest BCUT2D eigenvalue weighted by Crippen LogP contribution is 2.56. The molecule has 1 atom stereocenters.